The number of carbonyl (C=O) groups is 1. The standard InChI is InChI=1S/C19H30N2O3S/c1-14(15-8-10-17(11-9-15)19(2,3)4)20-18(22)16-7-6-12-21(13-16)25(5,23)24/h8-11,14,16H,6-7,12-13H2,1-5H3,(H,20,22). The number of carbonyl (C=O) groups excluding carboxylic acids is 1. The molecule has 1 saturated heterocycles. The van der Waals surface area contributed by atoms with Gasteiger partial charge in [-0.1, -0.05) is 45.0 Å². The molecule has 0 bridgehead atoms. The number of hydrogen-bond acceptors (Lipinski definition) is 3. The molecule has 0 aliphatic carbocycles. The maximum atomic E-state index is 12.5. The van der Waals surface area contributed by atoms with E-state index >= 15 is 0 Å². The molecule has 25 heavy (non-hydrogen) atoms. The van der Waals surface area contributed by atoms with E-state index in [1.165, 1.54) is 16.1 Å². The second-order valence-corrected chi connectivity index (χ2v) is 10.0. The summed E-state index contributed by atoms with van der Waals surface area (Å²) < 4.78 is 24.8. The van der Waals surface area contributed by atoms with Crippen molar-refractivity contribution in [2.75, 3.05) is 19.3 Å². The van der Waals surface area contributed by atoms with E-state index < -0.39 is 10.0 Å². The normalized spacial score (nSPS) is 20.9. The molecular weight excluding hydrogens is 336 g/mol. The highest BCUT2D eigenvalue weighted by Gasteiger charge is 2.30. The molecule has 5 nitrogen and oxygen atoms in total. The Labute approximate surface area is 151 Å². The summed E-state index contributed by atoms with van der Waals surface area (Å²) in [5.74, 6) is -0.347. The Balaban J connectivity index is 2.00. The summed E-state index contributed by atoms with van der Waals surface area (Å²) in [7, 11) is -3.24. The molecule has 1 aliphatic rings. The minimum Gasteiger partial charge on any atom is -0.349 e. The van der Waals surface area contributed by atoms with Crippen LogP contribution in [0.25, 0.3) is 0 Å². The van der Waals surface area contributed by atoms with Crippen molar-refractivity contribution in [3.63, 3.8) is 0 Å². The van der Waals surface area contributed by atoms with Crippen molar-refractivity contribution in [3.8, 4) is 0 Å². The first-order valence-electron chi connectivity index (χ1n) is 8.84. The number of piperidine rings is 1. The monoisotopic (exact) mass is 366 g/mol. The average Bonchev–Trinajstić information content (AvgIpc) is 2.53. The predicted octanol–water partition coefficient (Wildman–Crippen LogP) is 2.83. The van der Waals surface area contributed by atoms with Crippen LogP contribution in [0.1, 0.15) is 57.7 Å². The molecule has 0 spiro atoms. The molecule has 1 aliphatic heterocycles. The van der Waals surface area contributed by atoms with Gasteiger partial charge in [0.1, 0.15) is 0 Å². The highest BCUT2D eigenvalue weighted by Crippen LogP contribution is 2.25. The highest BCUT2D eigenvalue weighted by atomic mass is 32.2. The van der Waals surface area contributed by atoms with E-state index in [2.05, 4.69) is 50.4 Å². The van der Waals surface area contributed by atoms with Gasteiger partial charge in [-0.25, -0.2) is 12.7 Å². The van der Waals surface area contributed by atoms with Crippen LogP contribution < -0.4 is 5.32 Å². The number of benzene rings is 1. The van der Waals surface area contributed by atoms with Gasteiger partial charge in [-0.15, -0.1) is 0 Å². The molecule has 6 heteroatoms. The summed E-state index contributed by atoms with van der Waals surface area (Å²) in [4.78, 5) is 12.5. The molecule has 1 aromatic carbocycles. The third-order valence-corrected chi connectivity index (χ3v) is 6.13. The van der Waals surface area contributed by atoms with Crippen molar-refractivity contribution in [2.45, 2.75) is 52.0 Å². The van der Waals surface area contributed by atoms with Crippen molar-refractivity contribution < 1.29 is 13.2 Å². The van der Waals surface area contributed by atoms with Crippen LogP contribution in [0, 0.1) is 5.92 Å². The molecule has 1 heterocycles. The number of amides is 1. The summed E-state index contributed by atoms with van der Waals surface area (Å²) in [6.45, 7) is 9.26. The first-order chi connectivity index (χ1) is 11.5. The van der Waals surface area contributed by atoms with Crippen LogP contribution in [0.4, 0.5) is 0 Å². The van der Waals surface area contributed by atoms with Gasteiger partial charge in [-0.05, 0) is 36.3 Å². The van der Waals surface area contributed by atoms with Gasteiger partial charge in [-0.3, -0.25) is 4.79 Å². The number of sulfonamides is 1. The smallest absolute Gasteiger partial charge is 0.224 e. The van der Waals surface area contributed by atoms with Crippen molar-refractivity contribution in [1.82, 2.24) is 9.62 Å². The summed E-state index contributed by atoms with van der Waals surface area (Å²) in [5, 5.41) is 3.04. The van der Waals surface area contributed by atoms with E-state index in [1.807, 2.05) is 6.92 Å². The molecular formula is C19H30N2O3S. The Hall–Kier alpha value is -1.40. The minimum absolute atomic E-state index is 0.0688. The van der Waals surface area contributed by atoms with E-state index in [0.717, 1.165) is 18.4 Å². The topological polar surface area (TPSA) is 66.5 Å². The number of nitrogens with one attached hydrogen (secondary N) is 1. The van der Waals surface area contributed by atoms with Gasteiger partial charge in [0, 0.05) is 13.1 Å². The second-order valence-electron chi connectivity index (χ2n) is 8.06. The predicted molar refractivity (Wildman–Crippen MR) is 101 cm³/mol. The Morgan fingerprint density at radius 2 is 1.84 bits per heavy atom. The van der Waals surface area contributed by atoms with Crippen LogP contribution in [0.3, 0.4) is 0 Å². The van der Waals surface area contributed by atoms with Crippen LogP contribution in [0.5, 0.6) is 0 Å². The Kier molecular flexibility index (Phi) is 5.94. The lowest BCUT2D eigenvalue weighted by molar-refractivity contribution is -0.126. The first-order valence-corrected chi connectivity index (χ1v) is 10.7. The molecule has 1 fully saturated rings. The van der Waals surface area contributed by atoms with Crippen LogP contribution in [-0.4, -0.2) is 38.0 Å². The third-order valence-electron chi connectivity index (χ3n) is 4.86. The van der Waals surface area contributed by atoms with E-state index in [9.17, 15) is 13.2 Å². The quantitative estimate of drug-likeness (QED) is 0.891. The largest absolute Gasteiger partial charge is 0.349 e. The van der Waals surface area contributed by atoms with Crippen molar-refractivity contribution in [1.29, 1.82) is 0 Å². The molecule has 140 valence electrons. The summed E-state index contributed by atoms with van der Waals surface area (Å²) >= 11 is 0. The lowest BCUT2D eigenvalue weighted by Crippen LogP contribution is -2.45. The fraction of sp³-hybridized carbons (Fsp3) is 0.632. The Morgan fingerprint density at radius 3 is 2.36 bits per heavy atom. The van der Waals surface area contributed by atoms with Crippen LogP contribution >= 0.6 is 0 Å². The Bertz CT molecular complexity index is 705. The van der Waals surface area contributed by atoms with Crippen LogP contribution in [0.15, 0.2) is 24.3 Å². The van der Waals surface area contributed by atoms with Gasteiger partial charge in [0.2, 0.25) is 15.9 Å². The zero-order valence-electron chi connectivity index (χ0n) is 15.9. The first kappa shape index (κ1) is 19.9. The maximum absolute atomic E-state index is 12.5. The zero-order chi connectivity index (χ0) is 18.8. The third kappa shape index (κ3) is 5.28. The summed E-state index contributed by atoms with van der Waals surface area (Å²) in [6.07, 6.45) is 2.65. The molecule has 0 saturated carbocycles. The van der Waals surface area contributed by atoms with E-state index in [0.29, 0.717) is 6.54 Å². The summed E-state index contributed by atoms with van der Waals surface area (Å²) in [5.41, 5.74) is 2.41. The fourth-order valence-electron chi connectivity index (χ4n) is 3.14. The highest BCUT2D eigenvalue weighted by molar-refractivity contribution is 7.88. The minimum atomic E-state index is -3.24. The SMILES string of the molecule is CC(NC(=O)C1CCCN(S(C)(=O)=O)C1)c1ccc(C(C)(C)C)cc1. The number of rotatable bonds is 4. The molecule has 1 aromatic rings. The van der Waals surface area contributed by atoms with Gasteiger partial charge < -0.3 is 5.32 Å². The van der Waals surface area contributed by atoms with Crippen molar-refractivity contribution in [2.24, 2.45) is 5.92 Å². The molecule has 0 aromatic heterocycles. The second kappa shape index (κ2) is 7.46. The fourth-order valence-corrected chi connectivity index (χ4v) is 4.06. The van der Waals surface area contributed by atoms with Crippen molar-refractivity contribution >= 4 is 15.9 Å². The van der Waals surface area contributed by atoms with Gasteiger partial charge in [-0.2, -0.15) is 0 Å². The lowest BCUT2D eigenvalue weighted by Gasteiger charge is -2.31. The van der Waals surface area contributed by atoms with Crippen molar-refractivity contribution in [3.05, 3.63) is 35.4 Å². The molecule has 2 atom stereocenters. The Morgan fingerprint density at radius 1 is 1.24 bits per heavy atom. The van der Waals surface area contributed by atoms with Gasteiger partial charge in [0.05, 0.1) is 18.2 Å². The van der Waals surface area contributed by atoms with E-state index in [4.69, 9.17) is 0 Å². The zero-order valence-corrected chi connectivity index (χ0v) is 16.7. The molecule has 1 N–H and O–H groups in total. The maximum Gasteiger partial charge on any atom is 0.224 e. The molecule has 2 rings (SSSR count). The molecule has 1 amide bonds. The summed E-state index contributed by atoms with van der Waals surface area (Å²) in [6, 6.07) is 8.20. The van der Waals surface area contributed by atoms with Crippen LogP contribution in [0.2, 0.25) is 0 Å². The number of hydrogen-bond donors (Lipinski definition) is 1. The van der Waals surface area contributed by atoms with Gasteiger partial charge in [0.25, 0.3) is 0 Å². The molecule has 2 unspecified atom stereocenters. The van der Waals surface area contributed by atoms with E-state index in [-0.39, 0.29) is 29.8 Å². The lowest BCUT2D eigenvalue weighted by atomic mass is 9.86. The average molecular weight is 367 g/mol. The molecule has 0 radical (unpaired) electrons. The van der Waals surface area contributed by atoms with Gasteiger partial charge >= 0.3 is 0 Å². The number of nitrogens with zero attached hydrogens (tertiary/aromatic N) is 1. The van der Waals surface area contributed by atoms with Gasteiger partial charge in [0.15, 0.2) is 0 Å². The van der Waals surface area contributed by atoms with E-state index in [1.54, 1.807) is 0 Å². The van der Waals surface area contributed by atoms with Crippen LogP contribution in [-0.2, 0) is 20.2 Å².